The number of nitro benzene ring substituents is 1. The predicted molar refractivity (Wildman–Crippen MR) is 129 cm³/mol. The standard InChI is InChI=1S/C25H21BrN2O4/c1-31-24-13-17(15-27-20-9-5-10-21(14-20)28(29)30)12-23(26)25(24)32-16-19-8-4-7-18-6-2-3-11-22(18)19/h2-14,27H,15-16H2,1H3. The number of hydrogen-bond acceptors (Lipinski definition) is 5. The molecule has 0 aliphatic carbocycles. The fraction of sp³-hybridized carbons (Fsp3) is 0.120. The molecule has 0 aliphatic heterocycles. The number of fused-ring (bicyclic) bond motifs is 1. The van der Waals surface area contributed by atoms with Gasteiger partial charge in [-0.3, -0.25) is 10.1 Å². The van der Waals surface area contributed by atoms with Gasteiger partial charge in [-0.2, -0.15) is 0 Å². The minimum atomic E-state index is -0.410. The number of hydrogen-bond donors (Lipinski definition) is 1. The summed E-state index contributed by atoms with van der Waals surface area (Å²) in [5.41, 5.74) is 2.75. The Balaban J connectivity index is 1.51. The first-order valence-corrected chi connectivity index (χ1v) is 10.8. The van der Waals surface area contributed by atoms with Gasteiger partial charge >= 0.3 is 0 Å². The Bertz CT molecular complexity index is 1270. The second-order valence-corrected chi connectivity index (χ2v) is 8.05. The van der Waals surface area contributed by atoms with Crippen LogP contribution in [0.5, 0.6) is 11.5 Å². The molecule has 0 unspecified atom stereocenters. The molecule has 0 radical (unpaired) electrons. The van der Waals surface area contributed by atoms with Crippen LogP contribution >= 0.6 is 15.9 Å². The number of anilines is 1. The third kappa shape index (κ3) is 4.84. The van der Waals surface area contributed by atoms with Crippen LogP contribution < -0.4 is 14.8 Å². The molecule has 4 rings (SSSR count). The third-order valence-corrected chi connectivity index (χ3v) is 5.68. The van der Waals surface area contributed by atoms with E-state index < -0.39 is 4.92 Å². The summed E-state index contributed by atoms with van der Waals surface area (Å²) < 4.78 is 12.5. The molecule has 0 saturated carbocycles. The molecular formula is C25H21BrN2O4. The Morgan fingerprint density at radius 3 is 2.59 bits per heavy atom. The van der Waals surface area contributed by atoms with Gasteiger partial charge in [0.2, 0.25) is 0 Å². The second-order valence-electron chi connectivity index (χ2n) is 7.20. The van der Waals surface area contributed by atoms with E-state index >= 15 is 0 Å². The average molecular weight is 493 g/mol. The minimum absolute atomic E-state index is 0.0472. The van der Waals surface area contributed by atoms with E-state index in [0.717, 1.165) is 21.0 Å². The van der Waals surface area contributed by atoms with E-state index in [9.17, 15) is 10.1 Å². The highest BCUT2D eigenvalue weighted by molar-refractivity contribution is 9.10. The normalized spacial score (nSPS) is 10.7. The van der Waals surface area contributed by atoms with Gasteiger partial charge in [-0.25, -0.2) is 0 Å². The molecule has 0 aromatic heterocycles. The van der Waals surface area contributed by atoms with E-state index in [1.165, 1.54) is 17.5 Å². The third-order valence-electron chi connectivity index (χ3n) is 5.09. The largest absolute Gasteiger partial charge is 0.493 e. The number of halogens is 1. The first kappa shape index (κ1) is 21.6. The average Bonchev–Trinajstić information content (AvgIpc) is 2.82. The minimum Gasteiger partial charge on any atom is -0.493 e. The number of non-ortho nitro benzene ring substituents is 1. The molecule has 0 fully saturated rings. The Labute approximate surface area is 194 Å². The molecule has 0 spiro atoms. The Kier molecular flexibility index (Phi) is 6.56. The van der Waals surface area contributed by atoms with Crippen LogP contribution in [0.15, 0.2) is 83.3 Å². The van der Waals surface area contributed by atoms with Gasteiger partial charge in [0.05, 0.1) is 16.5 Å². The summed E-state index contributed by atoms with van der Waals surface area (Å²) in [4.78, 5) is 10.6. The molecule has 0 aliphatic rings. The molecule has 4 aromatic rings. The number of benzene rings is 4. The Morgan fingerprint density at radius 2 is 1.78 bits per heavy atom. The van der Waals surface area contributed by atoms with Gasteiger partial charge in [-0.1, -0.05) is 48.5 Å². The van der Waals surface area contributed by atoms with Gasteiger partial charge < -0.3 is 14.8 Å². The highest BCUT2D eigenvalue weighted by Gasteiger charge is 2.13. The highest BCUT2D eigenvalue weighted by Crippen LogP contribution is 2.38. The van der Waals surface area contributed by atoms with Gasteiger partial charge in [0.1, 0.15) is 6.61 Å². The van der Waals surface area contributed by atoms with E-state index in [2.05, 4.69) is 45.5 Å². The Hall–Kier alpha value is -3.58. The molecule has 0 bridgehead atoms. The van der Waals surface area contributed by atoms with Crippen molar-refractivity contribution in [3.8, 4) is 11.5 Å². The van der Waals surface area contributed by atoms with Crippen LogP contribution in [0.4, 0.5) is 11.4 Å². The van der Waals surface area contributed by atoms with Crippen molar-refractivity contribution in [3.05, 3.63) is 105 Å². The molecule has 0 amide bonds. The lowest BCUT2D eigenvalue weighted by Gasteiger charge is -2.16. The number of methoxy groups -OCH3 is 1. The number of rotatable bonds is 8. The first-order chi connectivity index (χ1) is 15.5. The van der Waals surface area contributed by atoms with Crippen molar-refractivity contribution in [1.82, 2.24) is 0 Å². The van der Waals surface area contributed by atoms with E-state index in [-0.39, 0.29) is 5.69 Å². The lowest BCUT2D eigenvalue weighted by atomic mass is 10.1. The van der Waals surface area contributed by atoms with Crippen molar-refractivity contribution in [2.75, 3.05) is 12.4 Å². The van der Waals surface area contributed by atoms with Crippen molar-refractivity contribution in [1.29, 1.82) is 0 Å². The van der Waals surface area contributed by atoms with Crippen LogP contribution in [0.25, 0.3) is 10.8 Å². The Morgan fingerprint density at radius 1 is 1.00 bits per heavy atom. The van der Waals surface area contributed by atoms with Gasteiger partial charge in [-0.15, -0.1) is 0 Å². The van der Waals surface area contributed by atoms with Gasteiger partial charge in [0.25, 0.3) is 5.69 Å². The number of ether oxygens (including phenoxy) is 2. The number of nitro groups is 1. The predicted octanol–water partition coefficient (Wildman–Crippen LogP) is 6.71. The monoisotopic (exact) mass is 492 g/mol. The van der Waals surface area contributed by atoms with Crippen molar-refractivity contribution in [2.45, 2.75) is 13.2 Å². The lowest BCUT2D eigenvalue weighted by Crippen LogP contribution is -2.03. The maximum atomic E-state index is 11.0. The van der Waals surface area contributed by atoms with Crippen molar-refractivity contribution >= 4 is 38.1 Å². The quantitative estimate of drug-likeness (QED) is 0.218. The maximum Gasteiger partial charge on any atom is 0.271 e. The summed E-state index contributed by atoms with van der Waals surface area (Å²) in [6.45, 7) is 0.876. The fourth-order valence-corrected chi connectivity index (χ4v) is 4.12. The van der Waals surface area contributed by atoms with Gasteiger partial charge in [-0.05, 0) is 56.0 Å². The van der Waals surface area contributed by atoms with Crippen LogP contribution in [-0.4, -0.2) is 12.0 Å². The highest BCUT2D eigenvalue weighted by atomic mass is 79.9. The van der Waals surface area contributed by atoms with E-state index in [0.29, 0.717) is 30.3 Å². The maximum absolute atomic E-state index is 11.0. The molecule has 32 heavy (non-hydrogen) atoms. The van der Waals surface area contributed by atoms with E-state index in [4.69, 9.17) is 9.47 Å². The summed E-state index contributed by atoms with van der Waals surface area (Å²) >= 11 is 3.60. The van der Waals surface area contributed by atoms with Crippen LogP contribution in [-0.2, 0) is 13.2 Å². The zero-order valence-corrected chi connectivity index (χ0v) is 19.0. The van der Waals surface area contributed by atoms with Crippen molar-refractivity contribution in [3.63, 3.8) is 0 Å². The van der Waals surface area contributed by atoms with Gasteiger partial charge in [0.15, 0.2) is 11.5 Å². The van der Waals surface area contributed by atoms with Crippen LogP contribution in [0.1, 0.15) is 11.1 Å². The van der Waals surface area contributed by atoms with E-state index in [1.807, 2.05) is 30.3 Å². The first-order valence-electron chi connectivity index (χ1n) is 9.99. The number of nitrogens with one attached hydrogen (secondary N) is 1. The molecule has 4 aromatic carbocycles. The van der Waals surface area contributed by atoms with Crippen molar-refractivity contribution < 1.29 is 14.4 Å². The summed E-state index contributed by atoms with van der Waals surface area (Å²) in [6, 6.07) is 24.6. The SMILES string of the molecule is COc1cc(CNc2cccc([N+](=O)[O-])c2)cc(Br)c1OCc1cccc2ccccc12. The zero-order chi connectivity index (χ0) is 22.5. The fourth-order valence-electron chi connectivity index (χ4n) is 3.52. The molecule has 0 heterocycles. The molecule has 1 N–H and O–H groups in total. The second kappa shape index (κ2) is 9.70. The molecule has 7 heteroatoms. The van der Waals surface area contributed by atoms with Crippen LogP contribution in [0.3, 0.4) is 0 Å². The van der Waals surface area contributed by atoms with Gasteiger partial charge in [0, 0.05) is 24.4 Å². The lowest BCUT2D eigenvalue weighted by molar-refractivity contribution is -0.384. The molecule has 0 saturated heterocycles. The summed E-state index contributed by atoms with van der Waals surface area (Å²) in [5.74, 6) is 1.23. The van der Waals surface area contributed by atoms with Crippen LogP contribution in [0, 0.1) is 10.1 Å². The van der Waals surface area contributed by atoms with E-state index in [1.54, 1.807) is 19.2 Å². The summed E-state index contributed by atoms with van der Waals surface area (Å²) in [5, 5.41) is 16.5. The molecular weight excluding hydrogens is 472 g/mol. The molecule has 6 nitrogen and oxygen atoms in total. The zero-order valence-electron chi connectivity index (χ0n) is 17.4. The van der Waals surface area contributed by atoms with Crippen molar-refractivity contribution in [2.24, 2.45) is 0 Å². The number of nitrogens with zero attached hydrogens (tertiary/aromatic N) is 1. The summed E-state index contributed by atoms with van der Waals surface area (Å²) in [6.07, 6.45) is 0. The summed E-state index contributed by atoms with van der Waals surface area (Å²) in [7, 11) is 1.60. The smallest absolute Gasteiger partial charge is 0.271 e. The van der Waals surface area contributed by atoms with Crippen LogP contribution in [0.2, 0.25) is 0 Å². The molecule has 0 atom stereocenters. The molecule has 162 valence electrons. The topological polar surface area (TPSA) is 73.6 Å².